The highest BCUT2D eigenvalue weighted by atomic mass is 19.4. The first-order chi connectivity index (χ1) is 18.5. The van der Waals surface area contributed by atoms with Crippen LogP contribution in [0.25, 0.3) is 0 Å². The molecule has 0 spiro atoms. The molecule has 0 fully saturated rings. The van der Waals surface area contributed by atoms with Crippen molar-refractivity contribution in [2.45, 2.75) is 6.18 Å². The Balaban J connectivity index is 3.08. The van der Waals surface area contributed by atoms with Crippen LogP contribution in [0.1, 0.15) is 0 Å². The van der Waals surface area contributed by atoms with Crippen LogP contribution in [0.3, 0.4) is 0 Å². The number of esters is 1. The number of carbonyl (C=O) groups excluding carboxylic acids is 1. The highest BCUT2D eigenvalue weighted by Crippen LogP contribution is 2.16. The molecule has 0 aromatic heterocycles. The predicted octanol–water partition coefficient (Wildman–Crippen LogP) is 0.888. The van der Waals surface area contributed by atoms with E-state index < -0.39 is 18.8 Å². The van der Waals surface area contributed by atoms with E-state index in [-0.39, 0.29) is 19.8 Å². The van der Waals surface area contributed by atoms with Crippen molar-refractivity contribution in [1.82, 2.24) is 0 Å². The van der Waals surface area contributed by atoms with E-state index in [9.17, 15) is 18.0 Å². The quantitative estimate of drug-likeness (QED) is 0.0904. The van der Waals surface area contributed by atoms with E-state index in [1.54, 1.807) is 7.11 Å². The molecular weight excluding hydrogens is 525 g/mol. The van der Waals surface area contributed by atoms with Gasteiger partial charge in [0.2, 0.25) is 0 Å². The van der Waals surface area contributed by atoms with Gasteiger partial charge in [0.1, 0.15) is 6.61 Å². The van der Waals surface area contributed by atoms with Gasteiger partial charge in [0.15, 0.2) is 0 Å². The molecule has 38 heavy (non-hydrogen) atoms. The summed E-state index contributed by atoms with van der Waals surface area (Å²) in [5, 5.41) is 0. The van der Waals surface area contributed by atoms with Crippen molar-refractivity contribution < 1.29 is 70.1 Å². The summed E-state index contributed by atoms with van der Waals surface area (Å²) in [6, 6.07) is 0. The molecule has 0 aromatic carbocycles. The highest BCUT2D eigenvalue weighted by Gasteiger charge is 2.40. The maximum absolute atomic E-state index is 11.9. The molecule has 0 bridgehead atoms. The SMILES string of the molecule is COCCOCCOCCOCCOCCOCCOCCOCCOCCOCCOC(=O)C(F)(F)F. The summed E-state index contributed by atoms with van der Waals surface area (Å²) in [7, 11) is 1.63. The fraction of sp³-hybridized carbons (Fsp3) is 0.957. The average molecular weight is 569 g/mol. The minimum Gasteiger partial charge on any atom is -0.457 e. The number of hydrogen-bond acceptors (Lipinski definition) is 12. The van der Waals surface area contributed by atoms with Gasteiger partial charge in [-0.2, -0.15) is 13.2 Å². The number of rotatable bonds is 30. The van der Waals surface area contributed by atoms with Gasteiger partial charge in [-0.3, -0.25) is 0 Å². The maximum atomic E-state index is 11.9. The Morgan fingerprint density at radius 1 is 0.421 bits per heavy atom. The third-order valence-corrected chi connectivity index (χ3v) is 4.10. The second-order valence-corrected chi connectivity index (χ2v) is 7.14. The van der Waals surface area contributed by atoms with Crippen molar-refractivity contribution >= 4 is 5.97 Å². The van der Waals surface area contributed by atoms with Gasteiger partial charge in [-0.15, -0.1) is 0 Å². The summed E-state index contributed by atoms with van der Waals surface area (Å²) in [6.45, 7) is 7.31. The standard InChI is InChI=1S/C23H43F3O12/c1-28-2-3-29-4-5-30-6-7-31-8-9-32-10-11-33-12-13-34-14-15-35-16-17-36-18-19-37-20-21-38-22(27)23(24,25)26/h2-21H2,1H3. The molecule has 0 aliphatic heterocycles. The Bertz CT molecular complexity index is 501. The molecule has 0 rings (SSSR count). The third-order valence-electron chi connectivity index (χ3n) is 4.10. The molecule has 0 atom stereocenters. The first-order valence-corrected chi connectivity index (χ1v) is 12.4. The molecule has 0 saturated carbocycles. The summed E-state index contributed by atoms with van der Waals surface area (Å²) in [6.07, 6.45) is -4.99. The molecular formula is C23H43F3O12. The second kappa shape index (κ2) is 28.9. The molecule has 0 saturated heterocycles. The fourth-order valence-electron chi connectivity index (χ4n) is 2.28. The molecule has 228 valence electrons. The van der Waals surface area contributed by atoms with Gasteiger partial charge < -0.3 is 52.1 Å². The molecule has 15 heteroatoms. The maximum Gasteiger partial charge on any atom is 0.490 e. The number of alkyl halides is 3. The van der Waals surface area contributed by atoms with Crippen LogP contribution < -0.4 is 0 Å². The number of hydrogen-bond donors (Lipinski definition) is 0. The fourth-order valence-corrected chi connectivity index (χ4v) is 2.28. The van der Waals surface area contributed by atoms with Gasteiger partial charge >= 0.3 is 12.1 Å². The van der Waals surface area contributed by atoms with Crippen molar-refractivity contribution in [1.29, 1.82) is 0 Å². The largest absolute Gasteiger partial charge is 0.490 e. The van der Waals surface area contributed by atoms with Gasteiger partial charge in [0.05, 0.1) is 126 Å². The van der Waals surface area contributed by atoms with Crippen LogP contribution in [-0.4, -0.2) is 151 Å². The summed E-state index contributed by atoms with van der Waals surface area (Å²) in [4.78, 5) is 10.5. The molecule has 0 aliphatic carbocycles. The minimum atomic E-state index is -4.99. The molecule has 0 radical (unpaired) electrons. The van der Waals surface area contributed by atoms with E-state index in [4.69, 9.17) is 47.4 Å². The predicted molar refractivity (Wildman–Crippen MR) is 126 cm³/mol. The van der Waals surface area contributed by atoms with Crippen LogP contribution >= 0.6 is 0 Å². The van der Waals surface area contributed by atoms with E-state index >= 15 is 0 Å². The van der Waals surface area contributed by atoms with Crippen molar-refractivity contribution in [2.24, 2.45) is 0 Å². The Labute approximate surface area is 222 Å². The van der Waals surface area contributed by atoms with E-state index in [2.05, 4.69) is 4.74 Å². The van der Waals surface area contributed by atoms with Crippen LogP contribution in [0.2, 0.25) is 0 Å². The molecule has 0 amide bonds. The van der Waals surface area contributed by atoms with Gasteiger partial charge in [-0.1, -0.05) is 0 Å². The summed E-state index contributed by atoms with van der Waals surface area (Å²) in [5.74, 6) is -2.23. The molecule has 12 nitrogen and oxygen atoms in total. The van der Waals surface area contributed by atoms with Gasteiger partial charge in [-0.25, -0.2) is 4.79 Å². The van der Waals surface area contributed by atoms with E-state index in [0.717, 1.165) is 0 Å². The van der Waals surface area contributed by atoms with E-state index in [1.165, 1.54) is 0 Å². The summed E-state index contributed by atoms with van der Waals surface area (Å²) < 4.78 is 92.3. The Hall–Kier alpha value is -1.14. The lowest BCUT2D eigenvalue weighted by Gasteiger charge is -2.09. The van der Waals surface area contributed by atoms with Gasteiger partial charge in [0.25, 0.3) is 0 Å². The molecule has 0 unspecified atom stereocenters. The Kier molecular flexibility index (Phi) is 28.0. The van der Waals surface area contributed by atoms with Crippen LogP contribution in [-0.2, 0) is 56.9 Å². The third kappa shape index (κ3) is 29.4. The smallest absolute Gasteiger partial charge is 0.457 e. The number of carbonyl (C=O) groups is 1. The van der Waals surface area contributed by atoms with Gasteiger partial charge in [-0.05, 0) is 0 Å². The second-order valence-electron chi connectivity index (χ2n) is 7.14. The normalized spacial score (nSPS) is 11.8. The molecule has 0 aromatic rings. The lowest BCUT2D eigenvalue weighted by molar-refractivity contribution is -0.200. The van der Waals surface area contributed by atoms with E-state index in [0.29, 0.717) is 106 Å². The first-order valence-electron chi connectivity index (χ1n) is 12.4. The number of methoxy groups -OCH3 is 1. The van der Waals surface area contributed by atoms with Crippen molar-refractivity contribution in [3.05, 3.63) is 0 Å². The highest BCUT2D eigenvalue weighted by molar-refractivity contribution is 5.75. The number of halogens is 3. The molecule has 0 aliphatic rings. The lowest BCUT2D eigenvalue weighted by Crippen LogP contribution is -2.26. The van der Waals surface area contributed by atoms with Crippen molar-refractivity contribution in [3.8, 4) is 0 Å². The van der Waals surface area contributed by atoms with Crippen molar-refractivity contribution in [3.63, 3.8) is 0 Å². The molecule has 0 heterocycles. The monoisotopic (exact) mass is 568 g/mol. The van der Waals surface area contributed by atoms with Crippen molar-refractivity contribution in [2.75, 3.05) is 139 Å². The van der Waals surface area contributed by atoms with Crippen LogP contribution in [0.4, 0.5) is 13.2 Å². The van der Waals surface area contributed by atoms with E-state index in [1.807, 2.05) is 0 Å². The van der Waals surface area contributed by atoms with Crippen LogP contribution in [0.5, 0.6) is 0 Å². The zero-order valence-corrected chi connectivity index (χ0v) is 22.2. The first kappa shape index (κ1) is 36.9. The average Bonchev–Trinajstić information content (AvgIpc) is 2.89. The molecule has 0 N–H and O–H groups in total. The lowest BCUT2D eigenvalue weighted by atomic mass is 10.6. The number of ether oxygens (including phenoxy) is 11. The topological polar surface area (TPSA) is 119 Å². The van der Waals surface area contributed by atoms with Crippen LogP contribution in [0.15, 0.2) is 0 Å². The Morgan fingerprint density at radius 2 is 0.632 bits per heavy atom. The minimum absolute atomic E-state index is 0.144. The van der Waals surface area contributed by atoms with Crippen LogP contribution in [0, 0.1) is 0 Å². The summed E-state index contributed by atoms with van der Waals surface area (Å²) in [5.41, 5.74) is 0. The Morgan fingerprint density at radius 3 is 0.842 bits per heavy atom. The zero-order chi connectivity index (χ0) is 28.0. The van der Waals surface area contributed by atoms with Gasteiger partial charge in [0, 0.05) is 7.11 Å². The summed E-state index contributed by atoms with van der Waals surface area (Å²) >= 11 is 0. The zero-order valence-electron chi connectivity index (χ0n) is 22.2.